The van der Waals surface area contributed by atoms with Gasteiger partial charge in [0.1, 0.15) is 36.6 Å². The molecule has 5 aliphatic rings. The van der Waals surface area contributed by atoms with Crippen molar-refractivity contribution in [1.82, 2.24) is 0 Å². The molecule has 0 spiro atoms. The number of carbonyl (C=O) groups excluding carboxylic acids is 1. The fraction of sp³-hybridized carbons (Fsp3) is 0.240. The number of piperazine rings is 1. The van der Waals surface area contributed by atoms with Crippen molar-refractivity contribution < 1.29 is 37.7 Å². The minimum atomic E-state index is -1.64. The molecule has 3 unspecified atom stereocenters. The molecule has 1 aromatic carbocycles. The van der Waals surface area contributed by atoms with Crippen LogP contribution in [0.1, 0.15) is 5.56 Å². The second-order valence-electron chi connectivity index (χ2n) is 9.46. The summed E-state index contributed by atoms with van der Waals surface area (Å²) in [7, 11) is 0. The third kappa shape index (κ3) is 3.01. The number of aliphatic hydroxyl groups is 2. The number of ether oxygens (including phenoxy) is 1. The van der Waals surface area contributed by atoms with E-state index in [9.17, 15) is 29.0 Å². The van der Waals surface area contributed by atoms with Crippen LogP contribution in [-0.2, 0) is 16.1 Å². The molecule has 1 aromatic rings. The SMILES string of the molecule is NC(=O)C1=CC2=CC3=C(C2=C(O)C1O)[N+]1([O-])C[C@@H]2C=CC=C[N@@+]2(Cc2ccc(F)cc2F)CC1O3. The predicted octanol–water partition coefficient (Wildman–Crippen LogP) is 2.17. The summed E-state index contributed by atoms with van der Waals surface area (Å²) in [5.41, 5.74) is 6.17. The first-order valence-electron chi connectivity index (χ1n) is 11.1. The van der Waals surface area contributed by atoms with Gasteiger partial charge in [0.25, 0.3) is 6.23 Å². The van der Waals surface area contributed by atoms with Gasteiger partial charge >= 0.3 is 0 Å². The first-order chi connectivity index (χ1) is 16.6. The molecule has 4 N–H and O–H groups in total. The lowest BCUT2D eigenvalue weighted by molar-refractivity contribution is -1.02. The fourth-order valence-corrected chi connectivity index (χ4v) is 5.77. The second kappa shape index (κ2) is 7.22. The molecule has 3 aliphatic heterocycles. The van der Waals surface area contributed by atoms with Gasteiger partial charge in [-0.1, -0.05) is 6.08 Å². The zero-order chi connectivity index (χ0) is 24.7. The number of nitrogens with zero attached hydrogens (tertiary/aromatic N) is 2. The number of hydrogen-bond acceptors (Lipinski definition) is 5. The topological polar surface area (TPSA) is 116 Å². The minimum absolute atomic E-state index is 0.0214. The molecule has 1 amide bonds. The zero-order valence-corrected chi connectivity index (χ0v) is 18.4. The Morgan fingerprint density at radius 3 is 2.77 bits per heavy atom. The molecule has 1 fully saturated rings. The van der Waals surface area contributed by atoms with Crippen molar-refractivity contribution in [3.63, 3.8) is 0 Å². The standard InChI is InChI=1S/C25H21F2N3O5/c26-15-5-4-13(18(27)9-15)10-29-6-2-1-3-16(29)11-30(34)20(12-29)35-19-8-14-7-17(25(28)33)23(31)24(32)21(14)22(19)30/h1-9,16,20,23,31H,10-12H2,(H2-,28,32,33)/p+1/t16-,20?,23?,29+,30?/m0/s1. The number of aliphatic hydroxyl groups excluding tert-OH is 2. The molecule has 3 heterocycles. The number of amides is 1. The van der Waals surface area contributed by atoms with Crippen LogP contribution in [0.4, 0.5) is 8.78 Å². The van der Waals surface area contributed by atoms with E-state index in [2.05, 4.69) is 0 Å². The van der Waals surface area contributed by atoms with Crippen molar-refractivity contribution in [2.24, 2.45) is 5.73 Å². The Hall–Kier alpha value is -3.57. The number of primary amides is 1. The van der Waals surface area contributed by atoms with E-state index >= 15 is 0 Å². The van der Waals surface area contributed by atoms with Crippen molar-refractivity contribution in [2.45, 2.75) is 24.9 Å². The molecule has 6 rings (SSSR count). The molecular formula is C25H22F2N3O5+. The van der Waals surface area contributed by atoms with Crippen molar-refractivity contribution >= 4 is 5.91 Å². The lowest BCUT2D eigenvalue weighted by Gasteiger charge is -2.55. The molecule has 10 heteroatoms. The maximum atomic E-state index is 14.5. The van der Waals surface area contributed by atoms with Crippen LogP contribution in [0.25, 0.3) is 0 Å². The summed E-state index contributed by atoms with van der Waals surface area (Å²) in [6, 6.07) is 3.10. The van der Waals surface area contributed by atoms with Crippen molar-refractivity contribution in [2.75, 3.05) is 13.1 Å². The summed E-state index contributed by atoms with van der Waals surface area (Å²) >= 11 is 0. The Kier molecular flexibility index (Phi) is 4.52. The summed E-state index contributed by atoms with van der Waals surface area (Å²) < 4.78 is 33.4. The number of nitrogens with two attached hydrogens (primary N) is 1. The molecule has 5 atom stereocenters. The molecule has 0 radical (unpaired) electrons. The number of hydrogen-bond donors (Lipinski definition) is 3. The summed E-state index contributed by atoms with van der Waals surface area (Å²) in [4.78, 5) is 11.7. The number of halogens is 2. The van der Waals surface area contributed by atoms with E-state index < -0.39 is 40.3 Å². The highest BCUT2D eigenvalue weighted by molar-refractivity contribution is 5.95. The van der Waals surface area contributed by atoms with E-state index in [1.807, 2.05) is 24.4 Å². The van der Waals surface area contributed by atoms with Crippen LogP contribution in [0.5, 0.6) is 0 Å². The average Bonchev–Trinajstić information content (AvgIpc) is 3.29. The number of rotatable bonds is 3. The monoisotopic (exact) mass is 482 g/mol. The van der Waals surface area contributed by atoms with Crippen molar-refractivity contribution in [3.05, 3.63) is 111 Å². The van der Waals surface area contributed by atoms with Crippen LogP contribution in [0, 0.1) is 16.8 Å². The Labute approximate surface area is 198 Å². The Morgan fingerprint density at radius 1 is 1.23 bits per heavy atom. The maximum Gasteiger partial charge on any atom is 0.288 e. The minimum Gasteiger partial charge on any atom is -0.624 e. The molecule has 1 saturated heterocycles. The normalized spacial score (nSPS) is 34.6. The number of quaternary nitrogens is 2. The van der Waals surface area contributed by atoms with Gasteiger partial charge in [0.05, 0.1) is 17.3 Å². The first-order valence-corrected chi connectivity index (χ1v) is 11.1. The quantitative estimate of drug-likeness (QED) is 0.451. The highest BCUT2D eigenvalue weighted by atomic mass is 19.1. The highest BCUT2D eigenvalue weighted by Gasteiger charge is 2.60. The summed E-state index contributed by atoms with van der Waals surface area (Å²) in [5, 5.41) is 35.6. The van der Waals surface area contributed by atoms with Gasteiger partial charge in [0, 0.05) is 11.6 Å². The molecule has 180 valence electrons. The summed E-state index contributed by atoms with van der Waals surface area (Å²) in [5.74, 6) is -2.46. The summed E-state index contributed by atoms with van der Waals surface area (Å²) in [6.45, 7) is 0.412. The van der Waals surface area contributed by atoms with Crippen molar-refractivity contribution in [1.29, 1.82) is 0 Å². The van der Waals surface area contributed by atoms with Gasteiger partial charge in [-0.2, -0.15) is 0 Å². The molecule has 2 aliphatic carbocycles. The van der Waals surface area contributed by atoms with Gasteiger partial charge in [-0.25, -0.2) is 8.78 Å². The van der Waals surface area contributed by atoms with Crippen LogP contribution in [-0.4, -0.2) is 56.7 Å². The van der Waals surface area contributed by atoms with Gasteiger partial charge in [-0.15, -0.1) is 0 Å². The number of hydroxylamine groups is 3. The van der Waals surface area contributed by atoms with E-state index in [-0.39, 0.29) is 52.8 Å². The third-order valence-corrected chi connectivity index (χ3v) is 7.48. The number of benzene rings is 1. The number of allylic oxidation sites excluding steroid dienone is 5. The third-order valence-electron chi connectivity index (χ3n) is 7.48. The molecule has 0 aromatic heterocycles. The van der Waals surface area contributed by atoms with Gasteiger partial charge in [0.2, 0.25) is 5.91 Å². The number of carbonyl (C=O) groups is 1. The molecule has 0 bridgehead atoms. The Morgan fingerprint density at radius 2 is 2.03 bits per heavy atom. The van der Waals surface area contributed by atoms with Crippen molar-refractivity contribution in [3.8, 4) is 0 Å². The lowest BCUT2D eigenvalue weighted by atomic mass is 9.90. The first kappa shape index (κ1) is 21.9. The maximum absolute atomic E-state index is 14.5. The largest absolute Gasteiger partial charge is 0.624 e. The highest BCUT2D eigenvalue weighted by Crippen LogP contribution is 2.52. The zero-order valence-electron chi connectivity index (χ0n) is 18.4. The fourth-order valence-electron chi connectivity index (χ4n) is 5.77. The van der Waals surface area contributed by atoms with Crippen LogP contribution >= 0.6 is 0 Å². The van der Waals surface area contributed by atoms with Crippen LogP contribution in [0.3, 0.4) is 0 Å². The van der Waals surface area contributed by atoms with E-state index in [4.69, 9.17) is 10.5 Å². The van der Waals surface area contributed by atoms with Crippen LogP contribution in [0.2, 0.25) is 0 Å². The smallest absolute Gasteiger partial charge is 0.288 e. The lowest BCUT2D eigenvalue weighted by Crippen LogP contribution is -2.70. The van der Waals surface area contributed by atoms with Crippen LogP contribution in [0.15, 0.2) is 88.7 Å². The van der Waals surface area contributed by atoms with E-state index in [0.29, 0.717) is 11.1 Å². The van der Waals surface area contributed by atoms with Gasteiger partial charge < -0.3 is 25.9 Å². The van der Waals surface area contributed by atoms with Crippen LogP contribution < -0.4 is 5.73 Å². The molecule has 35 heavy (non-hydrogen) atoms. The van der Waals surface area contributed by atoms with E-state index in [1.165, 1.54) is 18.2 Å². The Balaban J connectivity index is 1.38. The van der Waals surface area contributed by atoms with Gasteiger partial charge in [0.15, 0.2) is 24.0 Å². The Bertz CT molecular complexity index is 1380. The molecule has 0 saturated carbocycles. The predicted molar refractivity (Wildman–Crippen MR) is 119 cm³/mol. The van der Waals surface area contributed by atoms with E-state index in [0.717, 1.165) is 6.07 Å². The van der Waals surface area contributed by atoms with E-state index in [1.54, 1.807) is 6.08 Å². The van der Waals surface area contributed by atoms with Gasteiger partial charge in [-0.3, -0.25) is 13.9 Å². The number of fused-ring (bicyclic) bond motifs is 5. The molecule has 8 nitrogen and oxygen atoms in total. The second-order valence-corrected chi connectivity index (χ2v) is 9.46. The molecular weight excluding hydrogens is 460 g/mol. The van der Waals surface area contributed by atoms with Gasteiger partial charge in [-0.05, 0) is 42.0 Å². The average molecular weight is 482 g/mol. The summed E-state index contributed by atoms with van der Waals surface area (Å²) in [6.07, 6.45) is 7.81.